The lowest BCUT2D eigenvalue weighted by Gasteiger charge is -2.29. The second-order valence-electron chi connectivity index (χ2n) is 7.44. The summed E-state index contributed by atoms with van der Waals surface area (Å²) in [5.41, 5.74) is 4.06. The molecule has 1 aromatic carbocycles. The summed E-state index contributed by atoms with van der Waals surface area (Å²) in [5.74, 6) is 1.52. The van der Waals surface area contributed by atoms with Gasteiger partial charge in [-0.3, -0.25) is 4.79 Å². The minimum Gasteiger partial charge on any atom is -0.294 e. The summed E-state index contributed by atoms with van der Waals surface area (Å²) in [6.07, 6.45) is 3.02. The molecule has 4 rings (SSSR count). The highest BCUT2D eigenvalue weighted by atomic mass is 32.2. The zero-order chi connectivity index (χ0) is 17.6. The predicted octanol–water partition coefficient (Wildman–Crippen LogP) is 3.88. The first-order valence-corrected chi connectivity index (χ1v) is 9.36. The molecule has 1 aliphatic rings. The Balaban J connectivity index is 1.66. The van der Waals surface area contributed by atoms with E-state index >= 15 is 0 Å². The second-order valence-corrected chi connectivity index (χ2v) is 8.39. The number of aryl methyl sites for hydroxylation is 1. The zero-order valence-electron chi connectivity index (χ0n) is 14.6. The Morgan fingerprint density at radius 2 is 2.12 bits per heavy atom. The van der Waals surface area contributed by atoms with E-state index in [1.165, 1.54) is 11.1 Å². The van der Waals surface area contributed by atoms with Crippen LogP contribution in [0.3, 0.4) is 0 Å². The summed E-state index contributed by atoms with van der Waals surface area (Å²) in [6.45, 7) is 6.32. The van der Waals surface area contributed by atoms with Crippen molar-refractivity contribution in [2.75, 3.05) is 0 Å². The summed E-state index contributed by atoms with van der Waals surface area (Å²) in [7, 11) is 0. The standard InChI is InChI=1S/C19H20N4OS/c1-12-5-4-6-13(7-12)11-25-18-21-17-20-10-14-15(23(17)22-18)8-19(2,3)9-16(14)24/h4-7,10H,8-9,11H2,1-3H3. The minimum absolute atomic E-state index is 0.0564. The van der Waals surface area contributed by atoms with E-state index in [2.05, 4.69) is 60.1 Å². The molecule has 0 atom stereocenters. The van der Waals surface area contributed by atoms with Crippen molar-refractivity contribution in [1.82, 2.24) is 19.6 Å². The van der Waals surface area contributed by atoms with Crippen LogP contribution >= 0.6 is 11.8 Å². The number of aromatic nitrogens is 4. The van der Waals surface area contributed by atoms with Crippen molar-refractivity contribution in [1.29, 1.82) is 0 Å². The highest BCUT2D eigenvalue weighted by Gasteiger charge is 2.33. The van der Waals surface area contributed by atoms with Gasteiger partial charge in [0.05, 0.1) is 11.3 Å². The number of carbonyl (C=O) groups is 1. The van der Waals surface area contributed by atoms with Crippen LogP contribution < -0.4 is 0 Å². The second kappa shape index (κ2) is 5.95. The van der Waals surface area contributed by atoms with Crippen LogP contribution in [0, 0.1) is 12.3 Å². The van der Waals surface area contributed by atoms with Crippen LogP contribution in [0.15, 0.2) is 35.6 Å². The number of carbonyl (C=O) groups excluding carboxylic acids is 1. The van der Waals surface area contributed by atoms with Crippen molar-refractivity contribution >= 4 is 23.3 Å². The first-order chi connectivity index (χ1) is 11.9. The van der Waals surface area contributed by atoms with Gasteiger partial charge in [0.15, 0.2) is 5.78 Å². The lowest BCUT2D eigenvalue weighted by Crippen LogP contribution is -2.29. The van der Waals surface area contributed by atoms with E-state index in [0.717, 1.165) is 17.9 Å². The summed E-state index contributed by atoms with van der Waals surface area (Å²) in [4.78, 5) is 21.2. The van der Waals surface area contributed by atoms with Gasteiger partial charge in [-0.05, 0) is 24.3 Å². The SMILES string of the molecule is Cc1cccc(CSc2nc3ncc4c(n3n2)CC(C)(C)CC4=O)c1. The van der Waals surface area contributed by atoms with Crippen LogP contribution in [0.1, 0.15) is 47.4 Å². The van der Waals surface area contributed by atoms with Gasteiger partial charge in [0, 0.05) is 18.4 Å². The summed E-state index contributed by atoms with van der Waals surface area (Å²) in [5, 5.41) is 5.31. The molecule has 0 saturated carbocycles. The molecule has 2 heterocycles. The average molecular weight is 352 g/mol. The van der Waals surface area contributed by atoms with E-state index in [9.17, 15) is 4.79 Å². The molecule has 0 N–H and O–H groups in total. The molecular formula is C19H20N4OS. The highest BCUT2D eigenvalue weighted by Crippen LogP contribution is 2.34. The van der Waals surface area contributed by atoms with E-state index < -0.39 is 0 Å². The third kappa shape index (κ3) is 3.18. The maximum absolute atomic E-state index is 12.4. The molecule has 0 radical (unpaired) electrons. The van der Waals surface area contributed by atoms with Gasteiger partial charge in [-0.2, -0.15) is 9.50 Å². The van der Waals surface area contributed by atoms with Gasteiger partial charge in [0.2, 0.25) is 5.16 Å². The Hall–Kier alpha value is -2.21. The van der Waals surface area contributed by atoms with Gasteiger partial charge in [-0.25, -0.2) is 4.98 Å². The summed E-state index contributed by atoms with van der Waals surface area (Å²) in [6, 6.07) is 8.43. The Labute approximate surface area is 150 Å². The first-order valence-electron chi connectivity index (χ1n) is 8.37. The molecule has 128 valence electrons. The number of thioether (sulfide) groups is 1. The molecule has 1 aliphatic carbocycles. The molecule has 0 fully saturated rings. The Kier molecular flexibility index (Phi) is 3.87. The lowest BCUT2D eigenvalue weighted by atomic mass is 9.76. The monoisotopic (exact) mass is 352 g/mol. The van der Waals surface area contributed by atoms with Gasteiger partial charge in [-0.1, -0.05) is 55.4 Å². The number of Topliss-reactive ketones (excluding diaryl/α,β-unsaturated/α-hetero) is 1. The molecular weight excluding hydrogens is 332 g/mol. The number of ketones is 1. The molecule has 0 saturated heterocycles. The third-order valence-electron chi connectivity index (χ3n) is 4.48. The zero-order valence-corrected chi connectivity index (χ0v) is 15.4. The minimum atomic E-state index is -0.0564. The normalized spacial score (nSPS) is 16.2. The van der Waals surface area contributed by atoms with Gasteiger partial charge in [0.1, 0.15) is 0 Å². The molecule has 0 spiro atoms. The predicted molar refractivity (Wildman–Crippen MR) is 98.0 cm³/mol. The smallest absolute Gasteiger partial charge is 0.253 e. The van der Waals surface area contributed by atoms with Crippen LogP contribution in [0.4, 0.5) is 0 Å². The fraction of sp³-hybridized carbons (Fsp3) is 0.368. The maximum atomic E-state index is 12.4. The van der Waals surface area contributed by atoms with Crippen LogP contribution in [0.25, 0.3) is 5.78 Å². The molecule has 5 nitrogen and oxygen atoms in total. The first kappa shape index (κ1) is 16.3. The number of benzene rings is 1. The number of nitrogens with zero attached hydrogens (tertiary/aromatic N) is 4. The van der Waals surface area contributed by atoms with Gasteiger partial charge < -0.3 is 0 Å². The highest BCUT2D eigenvalue weighted by molar-refractivity contribution is 7.98. The van der Waals surface area contributed by atoms with Crippen molar-refractivity contribution in [2.24, 2.45) is 5.41 Å². The third-order valence-corrected chi connectivity index (χ3v) is 5.39. The number of hydrogen-bond acceptors (Lipinski definition) is 5. The molecule has 0 unspecified atom stereocenters. The number of rotatable bonds is 3. The van der Waals surface area contributed by atoms with Crippen molar-refractivity contribution in [3.63, 3.8) is 0 Å². The largest absolute Gasteiger partial charge is 0.294 e. The van der Waals surface area contributed by atoms with Crippen molar-refractivity contribution in [2.45, 2.75) is 44.5 Å². The van der Waals surface area contributed by atoms with Crippen molar-refractivity contribution in [3.05, 3.63) is 52.8 Å². The topological polar surface area (TPSA) is 60.1 Å². The molecule has 6 heteroatoms. The van der Waals surface area contributed by atoms with E-state index in [-0.39, 0.29) is 11.2 Å². The van der Waals surface area contributed by atoms with Gasteiger partial charge in [0.25, 0.3) is 5.78 Å². The van der Waals surface area contributed by atoms with Crippen molar-refractivity contribution in [3.8, 4) is 0 Å². The van der Waals surface area contributed by atoms with Crippen LogP contribution in [-0.2, 0) is 12.2 Å². The number of fused-ring (bicyclic) bond motifs is 3. The maximum Gasteiger partial charge on any atom is 0.253 e. The molecule has 3 aromatic rings. The number of hydrogen-bond donors (Lipinski definition) is 0. The fourth-order valence-corrected chi connectivity index (χ4v) is 4.08. The Morgan fingerprint density at radius 1 is 1.28 bits per heavy atom. The van der Waals surface area contributed by atoms with Crippen LogP contribution in [0.2, 0.25) is 0 Å². The molecule has 0 amide bonds. The molecule has 0 aliphatic heterocycles. The molecule has 25 heavy (non-hydrogen) atoms. The molecule has 2 aromatic heterocycles. The average Bonchev–Trinajstić information content (AvgIpc) is 2.95. The van der Waals surface area contributed by atoms with Crippen LogP contribution in [0.5, 0.6) is 0 Å². The van der Waals surface area contributed by atoms with Gasteiger partial charge >= 0.3 is 0 Å². The molecule has 0 bridgehead atoms. The van der Waals surface area contributed by atoms with E-state index in [1.807, 2.05) is 0 Å². The van der Waals surface area contributed by atoms with Gasteiger partial charge in [-0.15, -0.1) is 5.10 Å². The summed E-state index contributed by atoms with van der Waals surface area (Å²) >= 11 is 1.59. The lowest BCUT2D eigenvalue weighted by molar-refractivity contribution is 0.0908. The summed E-state index contributed by atoms with van der Waals surface area (Å²) < 4.78 is 1.76. The Morgan fingerprint density at radius 3 is 2.92 bits per heavy atom. The van der Waals surface area contributed by atoms with Crippen molar-refractivity contribution < 1.29 is 4.79 Å². The van der Waals surface area contributed by atoms with Crippen LogP contribution in [-0.4, -0.2) is 25.4 Å². The van der Waals surface area contributed by atoms with E-state index in [0.29, 0.717) is 22.9 Å². The van der Waals surface area contributed by atoms with E-state index in [1.54, 1.807) is 22.5 Å². The quantitative estimate of drug-likeness (QED) is 0.670. The Bertz CT molecular complexity index is 977. The van der Waals surface area contributed by atoms with E-state index in [4.69, 9.17) is 0 Å². The fourth-order valence-electron chi connectivity index (χ4n) is 3.32.